The fraction of sp³-hybridized carbons (Fsp3) is 0. The van der Waals surface area contributed by atoms with Gasteiger partial charge in [0.2, 0.25) is 0 Å². The Morgan fingerprint density at radius 1 is 0.396 bits per heavy atom. The van der Waals surface area contributed by atoms with Crippen LogP contribution < -0.4 is 0 Å². The monoisotopic (exact) mass is 677 g/mol. The normalized spacial score (nSPS) is 11.4. The van der Waals surface area contributed by atoms with Crippen LogP contribution in [-0.2, 0) is 0 Å². The van der Waals surface area contributed by atoms with Gasteiger partial charge in [-0.3, -0.25) is 4.57 Å². The molecule has 10 aromatic rings. The van der Waals surface area contributed by atoms with Crippen LogP contribution in [0.15, 0.2) is 164 Å². The zero-order valence-electron chi connectivity index (χ0n) is 28.2. The lowest BCUT2D eigenvalue weighted by molar-refractivity contribution is 1.08. The first-order valence-electron chi connectivity index (χ1n) is 17.3. The predicted molar refractivity (Wildman–Crippen MR) is 210 cm³/mol. The molecule has 0 unspecified atom stereocenters. The van der Waals surface area contributed by atoms with Crippen molar-refractivity contribution in [3.63, 3.8) is 0 Å². The van der Waals surface area contributed by atoms with Crippen LogP contribution in [-0.4, -0.2) is 23.9 Å². The lowest BCUT2D eigenvalue weighted by Gasteiger charge is -2.14. The van der Waals surface area contributed by atoms with Crippen LogP contribution in [0, 0.1) is 22.7 Å². The highest BCUT2D eigenvalue weighted by Crippen LogP contribution is 2.40. The minimum absolute atomic E-state index is 0.570. The maximum atomic E-state index is 9.50. The number of fused-ring (bicyclic) bond motifs is 6. The van der Waals surface area contributed by atoms with E-state index in [1.165, 1.54) is 10.8 Å². The largest absolute Gasteiger partial charge is 0.309 e. The van der Waals surface area contributed by atoms with Crippen molar-refractivity contribution >= 4 is 43.6 Å². The fourth-order valence-corrected chi connectivity index (χ4v) is 7.71. The summed E-state index contributed by atoms with van der Waals surface area (Å²) in [5.41, 5.74) is 10.3. The first-order chi connectivity index (χ1) is 26.2. The SMILES string of the molecule is N#Cc1ccc(-c2nnc(-c3ccc(C#N)cc3)n2-c2cccc3c2c2ccccc2n3-c2cccc(-n3c4ccccc4c4ccccc43)c2)cc1. The number of benzene rings is 7. The Balaban J connectivity index is 1.24. The second kappa shape index (κ2) is 11.9. The van der Waals surface area contributed by atoms with Crippen LogP contribution in [0.2, 0.25) is 0 Å². The standard InChI is InChI=1S/C46H27N7/c47-28-30-19-23-32(24-20-30)45-49-50-46(33-25-21-31(29-48)22-26-33)53(45)43-18-8-17-42-44(43)38-13-3-6-16-41(38)52(42)35-10-7-9-34(27-35)51-39-14-4-1-11-36(39)37-12-2-5-15-40(37)51/h1-27H. The molecule has 0 atom stereocenters. The number of nitriles is 2. The van der Waals surface area contributed by atoms with Crippen LogP contribution in [0.25, 0.3) is 83.4 Å². The average molecular weight is 678 g/mol. The van der Waals surface area contributed by atoms with E-state index in [1.54, 1.807) is 24.3 Å². The summed E-state index contributed by atoms with van der Waals surface area (Å²) in [4.78, 5) is 0. The Morgan fingerprint density at radius 3 is 1.36 bits per heavy atom. The Bertz CT molecular complexity index is 3000. The van der Waals surface area contributed by atoms with Crippen LogP contribution in [0.4, 0.5) is 0 Å². The molecular formula is C46H27N7. The van der Waals surface area contributed by atoms with Gasteiger partial charge in [-0.05, 0) is 97.1 Å². The summed E-state index contributed by atoms with van der Waals surface area (Å²) in [6.45, 7) is 0. The Morgan fingerprint density at radius 2 is 0.830 bits per heavy atom. The van der Waals surface area contributed by atoms with Gasteiger partial charge in [0.1, 0.15) is 0 Å². The van der Waals surface area contributed by atoms with Gasteiger partial charge in [-0.15, -0.1) is 10.2 Å². The summed E-state index contributed by atoms with van der Waals surface area (Å²) in [5, 5.41) is 33.0. The summed E-state index contributed by atoms with van der Waals surface area (Å²) in [6, 6.07) is 60.0. The Hall–Kier alpha value is -7.74. The molecule has 246 valence electrons. The van der Waals surface area contributed by atoms with Gasteiger partial charge in [0.25, 0.3) is 0 Å². The zero-order chi connectivity index (χ0) is 35.5. The van der Waals surface area contributed by atoms with Crippen LogP contribution in [0.5, 0.6) is 0 Å². The maximum Gasteiger partial charge on any atom is 0.168 e. The molecule has 0 aliphatic heterocycles. The molecule has 53 heavy (non-hydrogen) atoms. The van der Waals surface area contributed by atoms with Gasteiger partial charge in [0.05, 0.1) is 51.0 Å². The third-order valence-corrected chi connectivity index (χ3v) is 10.1. The Labute approximate surface area is 304 Å². The van der Waals surface area contributed by atoms with Crippen molar-refractivity contribution in [1.82, 2.24) is 23.9 Å². The molecule has 0 saturated heterocycles. The van der Waals surface area contributed by atoms with Gasteiger partial charge in [-0.2, -0.15) is 10.5 Å². The molecule has 7 nitrogen and oxygen atoms in total. The zero-order valence-corrected chi connectivity index (χ0v) is 28.2. The molecule has 0 bridgehead atoms. The summed E-state index contributed by atoms with van der Waals surface area (Å²) >= 11 is 0. The van der Waals surface area contributed by atoms with Crippen molar-refractivity contribution in [2.75, 3.05) is 0 Å². The summed E-state index contributed by atoms with van der Waals surface area (Å²) < 4.78 is 6.77. The molecule has 10 rings (SSSR count). The number of rotatable bonds is 5. The van der Waals surface area contributed by atoms with Crippen LogP contribution in [0.3, 0.4) is 0 Å². The molecule has 0 spiro atoms. The predicted octanol–water partition coefficient (Wildman–Crippen LogP) is 10.5. The van der Waals surface area contributed by atoms with Gasteiger partial charge in [-0.1, -0.05) is 66.7 Å². The maximum absolute atomic E-state index is 9.50. The van der Waals surface area contributed by atoms with E-state index in [9.17, 15) is 10.5 Å². The highest BCUT2D eigenvalue weighted by Gasteiger charge is 2.23. The number of nitrogens with zero attached hydrogens (tertiary/aromatic N) is 7. The number of para-hydroxylation sites is 3. The molecule has 7 heteroatoms. The minimum atomic E-state index is 0.570. The third kappa shape index (κ3) is 4.66. The van der Waals surface area contributed by atoms with Gasteiger partial charge in [0.15, 0.2) is 11.6 Å². The first kappa shape index (κ1) is 30.1. The van der Waals surface area contributed by atoms with Crippen molar-refractivity contribution < 1.29 is 0 Å². The number of aromatic nitrogens is 5. The average Bonchev–Trinajstić information content (AvgIpc) is 3.92. The minimum Gasteiger partial charge on any atom is -0.309 e. The van der Waals surface area contributed by atoms with E-state index in [0.717, 1.165) is 61.0 Å². The highest BCUT2D eigenvalue weighted by atomic mass is 15.3. The second-order valence-electron chi connectivity index (χ2n) is 13.0. The molecule has 0 radical (unpaired) electrons. The van der Waals surface area contributed by atoms with E-state index in [0.29, 0.717) is 22.8 Å². The topological polar surface area (TPSA) is 88.2 Å². The van der Waals surface area contributed by atoms with Crippen LogP contribution >= 0.6 is 0 Å². The van der Waals surface area contributed by atoms with Crippen molar-refractivity contribution in [2.45, 2.75) is 0 Å². The molecule has 3 aromatic heterocycles. The van der Waals surface area contributed by atoms with Gasteiger partial charge >= 0.3 is 0 Å². The van der Waals surface area contributed by atoms with Crippen molar-refractivity contribution in [2.24, 2.45) is 0 Å². The quantitative estimate of drug-likeness (QED) is 0.181. The van der Waals surface area contributed by atoms with Crippen LogP contribution in [0.1, 0.15) is 11.1 Å². The molecular weight excluding hydrogens is 651 g/mol. The lowest BCUT2D eigenvalue weighted by atomic mass is 10.1. The molecule has 7 aromatic carbocycles. The molecule has 0 N–H and O–H groups in total. The molecule has 0 fully saturated rings. The highest BCUT2D eigenvalue weighted by molar-refractivity contribution is 6.14. The van der Waals surface area contributed by atoms with E-state index < -0.39 is 0 Å². The van der Waals surface area contributed by atoms with Crippen molar-refractivity contribution in [1.29, 1.82) is 10.5 Å². The second-order valence-corrected chi connectivity index (χ2v) is 13.0. The Kier molecular flexibility index (Phi) is 6.79. The molecule has 0 aliphatic rings. The molecule has 0 saturated carbocycles. The summed E-state index contributed by atoms with van der Waals surface area (Å²) in [6.07, 6.45) is 0. The van der Waals surface area contributed by atoms with E-state index >= 15 is 0 Å². The van der Waals surface area contributed by atoms with Crippen molar-refractivity contribution in [3.8, 4) is 52.0 Å². The molecule has 3 heterocycles. The molecule has 0 aliphatic carbocycles. The lowest BCUT2D eigenvalue weighted by Crippen LogP contribution is -2.02. The van der Waals surface area contributed by atoms with E-state index in [1.807, 2.05) is 24.3 Å². The van der Waals surface area contributed by atoms with E-state index in [4.69, 9.17) is 10.2 Å². The van der Waals surface area contributed by atoms with Crippen molar-refractivity contribution in [3.05, 3.63) is 175 Å². The first-order valence-corrected chi connectivity index (χ1v) is 17.3. The third-order valence-electron chi connectivity index (χ3n) is 10.1. The van der Waals surface area contributed by atoms with E-state index in [2.05, 4.69) is 141 Å². The number of hydrogen-bond acceptors (Lipinski definition) is 4. The van der Waals surface area contributed by atoms with Gasteiger partial charge in [-0.25, -0.2) is 0 Å². The van der Waals surface area contributed by atoms with E-state index in [-0.39, 0.29) is 0 Å². The smallest absolute Gasteiger partial charge is 0.168 e. The number of hydrogen-bond donors (Lipinski definition) is 0. The van der Waals surface area contributed by atoms with Gasteiger partial charge < -0.3 is 9.13 Å². The fourth-order valence-electron chi connectivity index (χ4n) is 7.71. The summed E-state index contributed by atoms with van der Waals surface area (Å²) in [5.74, 6) is 1.29. The molecule has 0 amide bonds. The summed E-state index contributed by atoms with van der Waals surface area (Å²) in [7, 11) is 0. The van der Waals surface area contributed by atoms with Gasteiger partial charge in [0, 0.05) is 44.0 Å².